The Morgan fingerprint density at radius 1 is 1.18 bits per heavy atom. The SMILES string of the molecule is CC1CCN(C[C@@H](O)CO[C@H]2C[C@@H]3CC[C@]2(C)C3(C)C)CC1. The van der Waals surface area contributed by atoms with E-state index in [1.807, 2.05) is 0 Å². The second kappa shape index (κ2) is 6.07. The Balaban J connectivity index is 1.45. The number of hydrogen-bond acceptors (Lipinski definition) is 3. The minimum atomic E-state index is -0.334. The molecule has 0 aromatic rings. The smallest absolute Gasteiger partial charge is 0.0900 e. The molecule has 3 nitrogen and oxygen atoms in total. The van der Waals surface area contributed by atoms with Crippen LogP contribution >= 0.6 is 0 Å². The average Bonchev–Trinajstić information content (AvgIpc) is 2.80. The number of aliphatic hydroxyl groups excluding tert-OH is 1. The number of β-amino-alcohol motifs (C(OH)–C–C–N with tert-alkyl or cyclic N) is 1. The Morgan fingerprint density at radius 2 is 1.86 bits per heavy atom. The number of aliphatic hydroxyl groups is 1. The van der Waals surface area contributed by atoms with Gasteiger partial charge in [-0.05, 0) is 67.9 Å². The molecule has 0 spiro atoms. The van der Waals surface area contributed by atoms with Gasteiger partial charge in [-0.3, -0.25) is 0 Å². The number of piperidine rings is 1. The van der Waals surface area contributed by atoms with Crippen LogP contribution in [0.3, 0.4) is 0 Å². The maximum absolute atomic E-state index is 10.3. The second-order valence-electron chi connectivity index (χ2n) is 9.07. The van der Waals surface area contributed by atoms with Crippen LogP contribution in [0.25, 0.3) is 0 Å². The minimum Gasteiger partial charge on any atom is -0.389 e. The molecule has 2 saturated carbocycles. The normalized spacial score (nSPS) is 40.2. The van der Waals surface area contributed by atoms with Gasteiger partial charge < -0.3 is 14.7 Å². The lowest BCUT2D eigenvalue weighted by molar-refractivity contribution is -0.0802. The van der Waals surface area contributed by atoms with Crippen LogP contribution in [0.5, 0.6) is 0 Å². The van der Waals surface area contributed by atoms with E-state index in [1.165, 1.54) is 32.1 Å². The largest absolute Gasteiger partial charge is 0.389 e. The number of hydrogen-bond donors (Lipinski definition) is 1. The fourth-order valence-corrected chi connectivity index (χ4v) is 5.20. The monoisotopic (exact) mass is 309 g/mol. The van der Waals surface area contributed by atoms with E-state index in [9.17, 15) is 5.11 Å². The Kier molecular flexibility index (Phi) is 4.61. The Hall–Kier alpha value is -0.120. The summed E-state index contributed by atoms with van der Waals surface area (Å²) in [5.41, 5.74) is 0.698. The summed E-state index contributed by atoms with van der Waals surface area (Å²) >= 11 is 0. The van der Waals surface area contributed by atoms with Crippen LogP contribution in [0.15, 0.2) is 0 Å². The molecule has 2 bridgehead atoms. The number of likely N-dealkylation sites (tertiary alicyclic amines) is 1. The summed E-state index contributed by atoms with van der Waals surface area (Å²) in [5.74, 6) is 1.66. The third-order valence-corrected chi connectivity index (χ3v) is 7.55. The summed E-state index contributed by atoms with van der Waals surface area (Å²) in [6, 6.07) is 0. The van der Waals surface area contributed by atoms with Crippen LogP contribution in [0.1, 0.15) is 59.8 Å². The lowest BCUT2D eigenvalue weighted by Gasteiger charge is -2.39. The summed E-state index contributed by atoms with van der Waals surface area (Å²) in [4.78, 5) is 2.40. The first-order valence-corrected chi connectivity index (χ1v) is 9.35. The van der Waals surface area contributed by atoms with Crippen molar-refractivity contribution in [2.45, 2.75) is 72.0 Å². The molecule has 1 heterocycles. The van der Waals surface area contributed by atoms with Crippen LogP contribution in [-0.4, -0.2) is 48.5 Å². The second-order valence-corrected chi connectivity index (χ2v) is 9.07. The lowest BCUT2D eigenvalue weighted by atomic mass is 9.70. The number of ether oxygens (including phenoxy) is 1. The molecule has 22 heavy (non-hydrogen) atoms. The summed E-state index contributed by atoms with van der Waals surface area (Å²) in [7, 11) is 0. The fourth-order valence-electron chi connectivity index (χ4n) is 5.20. The highest BCUT2D eigenvalue weighted by Gasteiger charge is 2.61. The van der Waals surface area contributed by atoms with Gasteiger partial charge in [0, 0.05) is 6.54 Å². The molecule has 0 amide bonds. The number of rotatable bonds is 5. The van der Waals surface area contributed by atoms with Crippen LogP contribution in [0.4, 0.5) is 0 Å². The Bertz CT molecular complexity index is 389. The Labute approximate surface area is 136 Å². The molecule has 0 radical (unpaired) electrons. The molecule has 1 N–H and O–H groups in total. The van der Waals surface area contributed by atoms with Crippen LogP contribution < -0.4 is 0 Å². The topological polar surface area (TPSA) is 32.7 Å². The van der Waals surface area contributed by atoms with Gasteiger partial charge >= 0.3 is 0 Å². The van der Waals surface area contributed by atoms with Gasteiger partial charge in [-0.25, -0.2) is 0 Å². The molecule has 4 atom stereocenters. The van der Waals surface area contributed by atoms with Crippen molar-refractivity contribution in [2.75, 3.05) is 26.2 Å². The van der Waals surface area contributed by atoms with E-state index >= 15 is 0 Å². The van der Waals surface area contributed by atoms with Crippen molar-refractivity contribution in [3.63, 3.8) is 0 Å². The lowest BCUT2D eigenvalue weighted by Crippen LogP contribution is -2.42. The third-order valence-electron chi connectivity index (χ3n) is 7.55. The van der Waals surface area contributed by atoms with E-state index in [2.05, 4.69) is 32.6 Å². The molecular formula is C19H35NO2. The highest BCUT2D eigenvalue weighted by molar-refractivity contribution is 5.11. The van der Waals surface area contributed by atoms with E-state index in [4.69, 9.17) is 4.74 Å². The zero-order valence-electron chi connectivity index (χ0n) is 15.0. The average molecular weight is 309 g/mol. The van der Waals surface area contributed by atoms with Gasteiger partial charge in [-0.15, -0.1) is 0 Å². The summed E-state index contributed by atoms with van der Waals surface area (Å²) in [6.45, 7) is 13.1. The standard InChI is InChI=1S/C19H35NO2/c1-14-6-9-20(10-7-14)12-16(21)13-22-17-11-15-5-8-19(17,4)18(15,2)3/h14-17,21H,5-13H2,1-4H3/t15-,16+,17-,19-/m0/s1. The van der Waals surface area contributed by atoms with Crippen LogP contribution in [0.2, 0.25) is 0 Å². The minimum absolute atomic E-state index is 0.304. The first-order chi connectivity index (χ1) is 10.3. The third kappa shape index (κ3) is 2.85. The van der Waals surface area contributed by atoms with Gasteiger partial charge in [-0.1, -0.05) is 27.7 Å². The van der Waals surface area contributed by atoms with Crippen molar-refractivity contribution in [1.29, 1.82) is 0 Å². The molecule has 3 fully saturated rings. The molecular weight excluding hydrogens is 274 g/mol. The van der Waals surface area contributed by atoms with E-state index in [-0.39, 0.29) is 6.10 Å². The molecule has 1 aliphatic heterocycles. The maximum Gasteiger partial charge on any atom is 0.0900 e. The van der Waals surface area contributed by atoms with Gasteiger partial charge in [0.05, 0.1) is 18.8 Å². The molecule has 3 aliphatic rings. The molecule has 0 aromatic carbocycles. The highest BCUT2D eigenvalue weighted by atomic mass is 16.5. The molecule has 1 saturated heterocycles. The zero-order chi connectivity index (χ0) is 16.0. The van der Waals surface area contributed by atoms with Gasteiger partial charge in [0.15, 0.2) is 0 Å². The highest BCUT2D eigenvalue weighted by Crippen LogP contribution is 2.66. The van der Waals surface area contributed by atoms with Gasteiger partial charge in [0.1, 0.15) is 0 Å². The predicted octanol–water partition coefficient (Wildman–Crippen LogP) is 3.31. The van der Waals surface area contributed by atoms with E-state index in [0.29, 0.717) is 23.5 Å². The first kappa shape index (κ1) is 16.7. The van der Waals surface area contributed by atoms with Crippen molar-refractivity contribution in [3.05, 3.63) is 0 Å². The molecule has 3 rings (SSSR count). The van der Waals surface area contributed by atoms with Crippen molar-refractivity contribution in [1.82, 2.24) is 4.90 Å². The molecule has 0 aromatic heterocycles. The quantitative estimate of drug-likeness (QED) is 0.846. The van der Waals surface area contributed by atoms with E-state index < -0.39 is 0 Å². The van der Waals surface area contributed by atoms with Gasteiger partial charge in [0.2, 0.25) is 0 Å². The van der Waals surface area contributed by atoms with E-state index in [1.54, 1.807) is 0 Å². The van der Waals surface area contributed by atoms with Crippen molar-refractivity contribution >= 4 is 0 Å². The van der Waals surface area contributed by atoms with Crippen LogP contribution in [0, 0.1) is 22.7 Å². The number of nitrogens with zero attached hydrogens (tertiary/aromatic N) is 1. The maximum atomic E-state index is 10.3. The molecule has 0 unspecified atom stereocenters. The summed E-state index contributed by atoms with van der Waals surface area (Å²) in [6.07, 6.45) is 6.38. The summed E-state index contributed by atoms with van der Waals surface area (Å²) in [5, 5.41) is 10.3. The first-order valence-electron chi connectivity index (χ1n) is 9.35. The Morgan fingerprint density at radius 3 is 2.41 bits per heavy atom. The molecule has 2 aliphatic carbocycles. The number of fused-ring (bicyclic) bond motifs is 2. The predicted molar refractivity (Wildman–Crippen MR) is 89.8 cm³/mol. The summed E-state index contributed by atoms with van der Waals surface area (Å²) < 4.78 is 6.22. The van der Waals surface area contributed by atoms with Crippen molar-refractivity contribution in [2.24, 2.45) is 22.7 Å². The molecule has 128 valence electrons. The van der Waals surface area contributed by atoms with E-state index in [0.717, 1.165) is 31.5 Å². The van der Waals surface area contributed by atoms with Gasteiger partial charge in [-0.2, -0.15) is 0 Å². The van der Waals surface area contributed by atoms with Crippen molar-refractivity contribution in [3.8, 4) is 0 Å². The van der Waals surface area contributed by atoms with Gasteiger partial charge in [0.25, 0.3) is 0 Å². The molecule has 3 heteroatoms. The van der Waals surface area contributed by atoms with Crippen LogP contribution in [-0.2, 0) is 4.74 Å². The fraction of sp³-hybridized carbons (Fsp3) is 1.00. The van der Waals surface area contributed by atoms with Crippen molar-refractivity contribution < 1.29 is 9.84 Å². The zero-order valence-corrected chi connectivity index (χ0v) is 15.0.